The van der Waals surface area contributed by atoms with Crippen molar-refractivity contribution < 1.29 is 9.53 Å². The molecule has 0 aromatic heterocycles. The van der Waals surface area contributed by atoms with Crippen molar-refractivity contribution in [1.82, 2.24) is 0 Å². The van der Waals surface area contributed by atoms with Crippen LogP contribution in [0.4, 0.5) is 0 Å². The Kier molecular flexibility index (Phi) is 3.46. The Morgan fingerprint density at radius 1 is 0.900 bits per heavy atom. The summed E-state index contributed by atoms with van der Waals surface area (Å²) < 4.78 is 5.28. The van der Waals surface area contributed by atoms with Crippen LogP contribution in [0.2, 0.25) is 0 Å². The third kappa shape index (κ3) is 2.86. The van der Waals surface area contributed by atoms with Crippen LogP contribution in [0.3, 0.4) is 0 Å². The minimum atomic E-state index is -0.254. The molecule has 2 heteroatoms. The molecule has 2 aromatic carbocycles. The molecular formula is C18H14O2. The van der Waals surface area contributed by atoms with Crippen LogP contribution >= 0.6 is 0 Å². The molecule has 3 rings (SSSR count). The fourth-order valence-corrected chi connectivity index (χ4v) is 2.16. The second-order valence-corrected chi connectivity index (χ2v) is 4.68. The lowest BCUT2D eigenvalue weighted by molar-refractivity contribution is -0.133. The maximum atomic E-state index is 11.8. The Hall–Kier alpha value is -2.61. The lowest BCUT2D eigenvalue weighted by Gasteiger charge is -1.99. The van der Waals surface area contributed by atoms with E-state index in [0.717, 1.165) is 11.1 Å². The van der Waals surface area contributed by atoms with Crippen LogP contribution in [0.5, 0.6) is 0 Å². The van der Waals surface area contributed by atoms with E-state index in [0.29, 0.717) is 17.8 Å². The highest BCUT2D eigenvalue weighted by Gasteiger charge is 2.21. The zero-order valence-corrected chi connectivity index (χ0v) is 11.0. The molecule has 0 N–H and O–H groups in total. The molecule has 0 saturated heterocycles. The summed E-state index contributed by atoms with van der Waals surface area (Å²) in [6, 6.07) is 19.7. The first kappa shape index (κ1) is 12.4. The zero-order valence-electron chi connectivity index (χ0n) is 11.0. The minimum Gasteiger partial charge on any atom is -0.423 e. The van der Waals surface area contributed by atoms with E-state index < -0.39 is 0 Å². The Balaban J connectivity index is 1.81. The Labute approximate surface area is 118 Å². The number of carbonyl (C=O) groups is 1. The molecule has 0 bridgehead atoms. The first-order valence-electron chi connectivity index (χ1n) is 6.55. The molecule has 0 unspecified atom stereocenters. The molecule has 1 aliphatic heterocycles. The summed E-state index contributed by atoms with van der Waals surface area (Å²) in [5.41, 5.74) is 2.82. The van der Waals surface area contributed by atoms with Gasteiger partial charge in [-0.3, -0.25) is 0 Å². The van der Waals surface area contributed by atoms with E-state index in [-0.39, 0.29) is 5.97 Å². The second-order valence-electron chi connectivity index (χ2n) is 4.68. The Morgan fingerprint density at radius 3 is 2.25 bits per heavy atom. The fourth-order valence-electron chi connectivity index (χ4n) is 2.16. The van der Waals surface area contributed by atoms with E-state index in [1.54, 1.807) is 0 Å². The van der Waals surface area contributed by atoms with Gasteiger partial charge < -0.3 is 4.74 Å². The topological polar surface area (TPSA) is 26.3 Å². The van der Waals surface area contributed by atoms with Gasteiger partial charge in [0.1, 0.15) is 5.76 Å². The van der Waals surface area contributed by atoms with Crippen LogP contribution in [0.15, 0.2) is 78.1 Å². The molecule has 98 valence electrons. The van der Waals surface area contributed by atoms with Gasteiger partial charge in [-0.1, -0.05) is 60.7 Å². The molecular weight excluding hydrogens is 248 g/mol. The van der Waals surface area contributed by atoms with E-state index in [1.807, 2.05) is 72.8 Å². The van der Waals surface area contributed by atoms with Gasteiger partial charge in [-0.15, -0.1) is 0 Å². The lowest BCUT2D eigenvalue weighted by Crippen LogP contribution is -2.01. The smallest absolute Gasteiger partial charge is 0.339 e. The van der Waals surface area contributed by atoms with E-state index in [2.05, 4.69) is 0 Å². The Bertz CT molecular complexity index is 667. The number of carbonyl (C=O) groups excluding carboxylic acids is 1. The molecule has 0 saturated carbocycles. The number of rotatable bonds is 3. The van der Waals surface area contributed by atoms with Gasteiger partial charge in [0.15, 0.2) is 0 Å². The van der Waals surface area contributed by atoms with Gasteiger partial charge in [-0.25, -0.2) is 4.79 Å². The summed E-state index contributed by atoms with van der Waals surface area (Å²) >= 11 is 0. The van der Waals surface area contributed by atoms with Crippen molar-refractivity contribution in [3.63, 3.8) is 0 Å². The molecule has 1 heterocycles. The van der Waals surface area contributed by atoms with Crippen LogP contribution in [0, 0.1) is 0 Å². The van der Waals surface area contributed by atoms with Crippen LogP contribution in [-0.2, 0) is 16.0 Å². The molecule has 0 atom stereocenters. The van der Waals surface area contributed by atoms with Gasteiger partial charge >= 0.3 is 5.97 Å². The first-order chi connectivity index (χ1) is 9.81. The van der Waals surface area contributed by atoms with E-state index in [9.17, 15) is 4.79 Å². The third-order valence-corrected chi connectivity index (χ3v) is 3.14. The number of esters is 1. The number of ether oxygens (including phenoxy) is 1. The normalized spacial score (nSPS) is 16.1. The van der Waals surface area contributed by atoms with Crippen molar-refractivity contribution in [2.24, 2.45) is 0 Å². The predicted molar refractivity (Wildman–Crippen MR) is 78.7 cm³/mol. The minimum absolute atomic E-state index is 0.254. The van der Waals surface area contributed by atoms with Crippen molar-refractivity contribution in [3.05, 3.63) is 89.2 Å². The van der Waals surface area contributed by atoms with Crippen molar-refractivity contribution in [1.29, 1.82) is 0 Å². The average Bonchev–Trinajstić information content (AvgIpc) is 2.81. The van der Waals surface area contributed by atoms with Gasteiger partial charge in [0.25, 0.3) is 0 Å². The SMILES string of the molecule is O=C1O/C(=C\c2ccccc2)C=C1Cc1ccccc1. The molecule has 0 spiro atoms. The van der Waals surface area contributed by atoms with Gasteiger partial charge in [0.2, 0.25) is 0 Å². The Morgan fingerprint density at radius 2 is 1.55 bits per heavy atom. The number of hydrogen-bond acceptors (Lipinski definition) is 2. The summed E-state index contributed by atoms with van der Waals surface area (Å²) in [7, 11) is 0. The standard InChI is InChI=1S/C18H14O2/c19-18-16(11-14-7-3-1-4-8-14)13-17(20-18)12-15-9-5-2-6-10-15/h1-10,12-13H,11H2/b17-12-. The van der Waals surface area contributed by atoms with Crippen molar-refractivity contribution in [2.45, 2.75) is 6.42 Å². The molecule has 0 radical (unpaired) electrons. The summed E-state index contributed by atoms with van der Waals surface area (Å²) in [4.78, 5) is 11.8. The van der Waals surface area contributed by atoms with Crippen molar-refractivity contribution in [2.75, 3.05) is 0 Å². The predicted octanol–water partition coefficient (Wildman–Crippen LogP) is 3.75. The molecule has 20 heavy (non-hydrogen) atoms. The van der Waals surface area contributed by atoms with E-state index in [4.69, 9.17) is 4.74 Å². The summed E-state index contributed by atoms with van der Waals surface area (Å²) in [5, 5.41) is 0. The maximum absolute atomic E-state index is 11.8. The number of cyclic esters (lactones) is 1. The number of benzene rings is 2. The van der Waals surface area contributed by atoms with Crippen LogP contribution in [-0.4, -0.2) is 5.97 Å². The monoisotopic (exact) mass is 262 g/mol. The molecule has 0 amide bonds. The summed E-state index contributed by atoms with van der Waals surface area (Å²) in [5.74, 6) is 0.350. The molecule has 2 aromatic rings. The van der Waals surface area contributed by atoms with Gasteiger partial charge in [-0.2, -0.15) is 0 Å². The fraction of sp³-hybridized carbons (Fsp3) is 0.0556. The molecule has 0 fully saturated rings. The first-order valence-corrected chi connectivity index (χ1v) is 6.55. The number of hydrogen-bond donors (Lipinski definition) is 0. The van der Waals surface area contributed by atoms with Crippen LogP contribution in [0.25, 0.3) is 6.08 Å². The second kappa shape index (κ2) is 5.57. The molecule has 0 aliphatic carbocycles. The highest BCUT2D eigenvalue weighted by atomic mass is 16.5. The summed E-state index contributed by atoms with van der Waals surface area (Å²) in [6.07, 6.45) is 4.30. The average molecular weight is 262 g/mol. The van der Waals surface area contributed by atoms with Gasteiger partial charge in [0.05, 0.1) is 0 Å². The lowest BCUT2D eigenvalue weighted by atomic mass is 10.1. The summed E-state index contributed by atoms with van der Waals surface area (Å²) in [6.45, 7) is 0. The van der Waals surface area contributed by atoms with E-state index in [1.165, 1.54) is 0 Å². The van der Waals surface area contributed by atoms with Crippen molar-refractivity contribution in [3.8, 4) is 0 Å². The highest BCUT2D eigenvalue weighted by molar-refractivity contribution is 5.94. The zero-order chi connectivity index (χ0) is 13.8. The maximum Gasteiger partial charge on any atom is 0.339 e. The van der Waals surface area contributed by atoms with Crippen LogP contribution < -0.4 is 0 Å². The third-order valence-electron chi connectivity index (χ3n) is 3.14. The number of allylic oxidation sites excluding steroid dienone is 1. The van der Waals surface area contributed by atoms with Crippen LogP contribution in [0.1, 0.15) is 11.1 Å². The van der Waals surface area contributed by atoms with Gasteiger partial charge in [0, 0.05) is 12.0 Å². The highest BCUT2D eigenvalue weighted by Crippen LogP contribution is 2.22. The van der Waals surface area contributed by atoms with E-state index >= 15 is 0 Å². The largest absolute Gasteiger partial charge is 0.423 e. The van der Waals surface area contributed by atoms with Crippen molar-refractivity contribution >= 4 is 12.0 Å². The van der Waals surface area contributed by atoms with Gasteiger partial charge in [-0.05, 0) is 23.3 Å². The molecule has 2 nitrogen and oxygen atoms in total. The quantitative estimate of drug-likeness (QED) is 0.787. The molecule has 1 aliphatic rings.